The fraction of sp³-hybridized carbons (Fsp3) is 0.250. The molecule has 7 heteroatoms. The highest BCUT2D eigenvalue weighted by Gasteiger charge is 2.17. The number of para-hydroxylation sites is 1. The SMILES string of the molecule is C[C@H](Oc1ccc(C#N)cc1)C(=O)OCC(=O)NCCOc1ccccc1. The zero-order chi connectivity index (χ0) is 19.5. The van der Waals surface area contributed by atoms with E-state index in [0.717, 1.165) is 0 Å². The molecule has 0 aliphatic heterocycles. The molecule has 1 amide bonds. The lowest BCUT2D eigenvalue weighted by molar-refractivity contribution is -0.154. The molecule has 2 rings (SSSR count). The Bertz CT molecular complexity index is 784. The molecule has 140 valence electrons. The van der Waals surface area contributed by atoms with E-state index in [2.05, 4.69) is 5.32 Å². The lowest BCUT2D eigenvalue weighted by Crippen LogP contribution is -2.34. The van der Waals surface area contributed by atoms with Gasteiger partial charge in [0, 0.05) is 0 Å². The van der Waals surface area contributed by atoms with E-state index in [-0.39, 0.29) is 0 Å². The van der Waals surface area contributed by atoms with Gasteiger partial charge in [0.2, 0.25) is 0 Å². The first-order chi connectivity index (χ1) is 13.1. The van der Waals surface area contributed by atoms with Gasteiger partial charge in [0.15, 0.2) is 12.7 Å². The third-order valence-corrected chi connectivity index (χ3v) is 3.41. The summed E-state index contributed by atoms with van der Waals surface area (Å²) < 4.78 is 15.8. The van der Waals surface area contributed by atoms with Gasteiger partial charge in [-0.25, -0.2) is 4.79 Å². The number of hydrogen-bond acceptors (Lipinski definition) is 6. The Morgan fingerprint density at radius 1 is 1.07 bits per heavy atom. The summed E-state index contributed by atoms with van der Waals surface area (Å²) in [6.07, 6.45) is -0.882. The fourth-order valence-corrected chi connectivity index (χ4v) is 2.04. The molecule has 2 aromatic carbocycles. The van der Waals surface area contributed by atoms with Crippen molar-refractivity contribution in [2.75, 3.05) is 19.8 Å². The van der Waals surface area contributed by atoms with Crippen LogP contribution in [0.2, 0.25) is 0 Å². The van der Waals surface area contributed by atoms with Crippen LogP contribution in [0.15, 0.2) is 54.6 Å². The van der Waals surface area contributed by atoms with Crippen LogP contribution in [-0.4, -0.2) is 37.7 Å². The largest absolute Gasteiger partial charge is 0.492 e. The Kier molecular flexibility index (Phi) is 7.67. The third-order valence-electron chi connectivity index (χ3n) is 3.41. The van der Waals surface area contributed by atoms with Crippen molar-refractivity contribution in [2.45, 2.75) is 13.0 Å². The standard InChI is InChI=1S/C20H20N2O5/c1-15(27-18-9-7-16(13-21)8-10-18)20(24)26-14-19(23)22-11-12-25-17-5-3-2-4-6-17/h2-10,15H,11-12,14H2,1H3,(H,22,23)/t15-/m0/s1. The number of hydrogen-bond donors (Lipinski definition) is 1. The zero-order valence-electron chi connectivity index (χ0n) is 14.9. The maximum Gasteiger partial charge on any atom is 0.347 e. The number of rotatable bonds is 9. The van der Waals surface area contributed by atoms with Crippen LogP contribution >= 0.6 is 0 Å². The summed E-state index contributed by atoms with van der Waals surface area (Å²) in [6.45, 7) is 1.72. The molecule has 0 radical (unpaired) electrons. The van der Waals surface area contributed by atoms with Crippen LogP contribution in [0.1, 0.15) is 12.5 Å². The van der Waals surface area contributed by atoms with Gasteiger partial charge in [0.1, 0.15) is 18.1 Å². The minimum Gasteiger partial charge on any atom is -0.492 e. The maximum absolute atomic E-state index is 11.9. The van der Waals surface area contributed by atoms with E-state index in [1.54, 1.807) is 24.3 Å². The highest BCUT2D eigenvalue weighted by atomic mass is 16.6. The Balaban J connectivity index is 1.63. The van der Waals surface area contributed by atoms with Crippen molar-refractivity contribution >= 4 is 11.9 Å². The highest BCUT2D eigenvalue weighted by molar-refractivity contribution is 5.81. The predicted octanol–water partition coefficient (Wildman–Crippen LogP) is 2.06. The van der Waals surface area contributed by atoms with Crippen molar-refractivity contribution in [1.29, 1.82) is 5.26 Å². The molecule has 0 bridgehead atoms. The second-order valence-corrected chi connectivity index (χ2v) is 5.52. The number of nitrogens with zero attached hydrogens (tertiary/aromatic N) is 1. The Labute approximate surface area is 157 Å². The molecule has 0 unspecified atom stereocenters. The first-order valence-electron chi connectivity index (χ1n) is 8.36. The number of carbonyl (C=O) groups excluding carboxylic acids is 2. The lowest BCUT2D eigenvalue weighted by Gasteiger charge is -2.14. The molecule has 0 aliphatic carbocycles. The molecule has 0 aromatic heterocycles. The average Bonchev–Trinajstić information content (AvgIpc) is 2.70. The van der Waals surface area contributed by atoms with Gasteiger partial charge in [0.25, 0.3) is 5.91 Å². The summed E-state index contributed by atoms with van der Waals surface area (Å²) in [4.78, 5) is 23.6. The molecule has 0 heterocycles. The van der Waals surface area contributed by atoms with Gasteiger partial charge >= 0.3 is 5.97 Å². The smallest absolute Gasteiger partial charge is 0.347 e. The second kappa shape index (κ2) is 10.5. The van der Waals surface area contributed by atoms with E-state index < -0.39 is 24.6 Å². The van der Waals surface area contributed by atoms with Gasteiger partial charge in [-0.05, 0) is 43.3 Å². The van der Waals surface area contributed by atoms with Crippen LogP contribution in [0.5, 0.6) is 11.5 Å². The van der Waals surface area contributed by atoms with Crippen molar-refractivity contribution in [2.24, 2.45) is 0 Å². The van der Waals surface area contributed by atoms with E-state index >= 15 is 0 Å². The van der Waals surface area contributed by atoms with Crippen LogP contribution in [0.3, 0.4) is 0 Å². The number of nitrogens with one attached hydrogen (secondary N) is 1. The van der Waals surface area contributed by atoms with Crippen LogP contribution in [0.4, 0.5) is 0 Å². The summed E-state index contributed by atoms with van der Waals surface area (Å²) in [6, 6.07) is 17.6. The van der Waals surface area contributed by atoms with Gasteiger partial charge in [-0.15, -0.1) is 0 Å². The van der Waals surface area contributed by atoms with Gasteiger partial charge < -0.3 is 19.5 Å². The molecule has 0 saturated carbocycles. The molecule has 0 saturated heterocycles. The predicted molar refractivity (Wildman–Crippen MR) is 97.2 cm³/mol. The quantitative estimate of drug-likeness (QED) is 0.537. The summed E-state index contributed by atoms with van der Waals surface area (Å²) in [5.74, 6) is 0.0635. The maximum atomic E-state index is 11.9. The Morgan fingerprint density at radius 3 is 2.44 bits per heavy atom. The van der Waals surface area contributed by atoms with E-state index in [4.69, 9.17) is 19.5 Å². The molecule has 7 nitrogen and oxygen atoms in total. The van der Waals surface area contributed by atoms with E-state index in [9.17, 15) is 9.59 Å². The molecule has 1 atom stereocenters. The summed E-state index contributed by atoms with van der Waals surface area (Å²) in [5, 5.41) is 11.3. The number of nitriles is 1. The lowest BCUT2D eigenvalue weighted by atomic mass is 10.2. The van der Waals surface area contributed by atoms with Crippen LogP contribution in [-0.2, 0) is 14.3 Å². The molecular formula is C20H20N2O5. The third kappa shape index (κ3) is 7.08. The van der Waals surface area contributed by atoms with Crippen LogP contribution in [0.25, 0.3) is 0 Å². The Hall–Kier alpha value is -3.53. The van der Waals surface area contributed by atoms with E-state index in [1.807, 2.05) is 36.4 Å². The first-order valence-corrected chi connectivity index (χ1v) is 8.36. The number of benzene rings is 2. The molecule has 0 fully saturated rings. The zero-order valence-corrected chi connectivity index (χ0v) is 14.9. The summed E-state index contributed by atoms with van der Waals surface area (Å²) in [7, 11) is 0. The molecule has 27 heavy (non-hydrogen) atoms. The van der Waals surface area contributed by atoms with Crippen molar-refractivity contribution in [3.05, 3.63) is 60.2 Å². The normalized spacial score (nSPS) is 11.0. The average molecular weight is 368 g/mol. The fourth-order valence-electron chi connectivity index (χ4n) is 2.04. The number of ether oxygens (including phenoxy) is 3. The molecule has 2 aromatic rings. The van der Waals surface area contributed by atoms with Gasteiger partial charge in [-0.1, -0.05) is 18.2 Å². The number of carbonyl (C=O) groups is 2. The summed E-state index contributed by atoms with van der Waals surface area (Å²) >= 11 is 0. The Morgan fingerprint density at radius 2 is 1.78 bits per heavy atom. The van der Waals surface area contributed by atoms with E-state index in [0.29, 0.717) is 30.2 Å². The monoisotopic (exact) mass is 368 g/mol. The molecular weight excluding hydrogens is 348 g/mol. The van der Waals surface area contributed by atoms with Crippen LogP contribution < -0.4 is 14.8 Å². The number of amides is 1. The van der Waals surface area contributed by atoms with Crippen molar-refractivity contribution in [1.82, 2.24) is 5.32 Å². The van der Waals surface area contributed by atoms with Gasteiger partial charge in [-0.3, -0.25) is 4.79 Å². The topological polar surface area (TPSA) is 97.6 Å². The molecule has 1 N–H and O–H groups in total. The highest BCUT2D eigenvalue weighted by Crippen LogP contribution is 2.14. The van der Waals surface area contributed by atoms with Crippen LogP contribution in [0, 0.1) is 11.3 Å². The second-order valence-electron chi connectivity index (χ2n) is 5.52. The van der Waals surface area contributed by atoms with E-state index in [1.165, 1.54) is 6.92 Å². The first kappa shape index (κ1) is 19.8. The molecule has 0 aliphatic rings. The minimum absolute atomic E-state index is 0.294. The number of esters is 1. The molecule has 0 spiro atoms. The minimum atomic E-state index is -0.882. The van der Waals surface area contributed by atoms with Crippen molar-refractivity contribution < 1.29 is 23.8 Å². The van der Waals surface area contributed by atoms with Gasteiger partial charge in [0.05, 0.1) is 18.2 Å². The summed E-state index contributed by atoms with van der Waals surface area (Å²) in [5.41, 5.74) is 0.491. The van der Waals surface area contributed by atoms with Crippen molar-refractivity contribution in [3.8, 4) is 17.6 Å². The van der Waals surface area contributed by atoms with Crippen molar-refractivity contribution in [3.63, 3.8) is 0 Å². The van der Waals surface area contributed by atoms with Gasteiger partial charge in [-0.2, -0.15) is 5.26 Å².